The Labute approximate surface area is 123 Å². The van der Waals surface area contributed by atoms with Crippen LogP contribution < -0.4 is 11.1 Å². The van der Waals surface area contributed by atoms with E-state index in [-0.39, 0.29) is 5.91 Å². The average Bonchev–Trinajstić information content (AvgIpc) is 2.77. The van der Waals surface area contributed by atoms with Gasteiger partial charge in [-0.2, -0.15) is 0 Å². The first-order valence-corrected chi connectivity index (χ1v) is 7.57. The number of hydrogen-bond acceptors (Lipinski definition) is 2. The van der Waals surface area contributed by atoms with Gasteiger partial charge < -0.3 is 16.0 Å². The molecule has 1 unspecified atom stereocenters. The number of aliphatic imine (C=N–C) groups is 1. The summed E-state index contributed by atoms with van der Waals surface area (Å²) < 4.78 is 0. The minimum atomic E-state index is -0.603. The number of hydrogen-bond donors (Lipinski definition) is 2. The van der Waals surface area contributed by atoms with Crippen LogP contribution in [0, 0.1) is 10.8 Å². The largest absolute Gasteiger partial charge is 0.369 e. The first-order chi connectivity index (χ1) is 9.24. The molecule has 1 atom stereocenters. The van der Waals surface area contributed by atoms with Gasteiger partial charge in [-0.1, -0.05) is 13.8 Å². The van der Waals surface area contributed by atoms with Crippen LogP contribution in [0.4, 0.5) is 0 Å². The Hall–Kier alpha value is -1.26. The Balaban J connectivity index is 2.77. The predicted octanol–water partition coefficient (Wildman–Crippen LogP) is 1.59. The number of rotatable bonds is 5. The highest BCUT2D eigenvalue weighted by Crippen LogP contribution is 2.33. The highest BCUT2D eigenvalue weighted by atomic mass is 16.1. The number of amides is 1. The third kappa shape index (κ3) is 4.12. The zero-order valence-corrected chi connectivity index (χ0v) is 13.6. The van der Waals surface area contributed by atoms with Crippen LogP contribution in [0.15, 0.2) is 4.99 Å². The maximum Gasteiger partial charge on any atom is 0.224 e. The van der Waals surface area contributed by atoms with Gasteiger partial charge in [0.2, 0.25) is 5.91 Å². The quantitative estimate of drug-likeness (QED) is 0.594. The summed E-state index contributed by atoms with van der Waals surface area (Å²) in [6.45, 7) is 13.6. The van der Waals surface area contributed by atoms with E-state index in [0.29, 0.717) is 12.0 Å². The van der Waals surface area contributed by atoms with Crippen molar-refractivity contribution < 1.29 is 4.79 Å². The maximum atomic E-state index is 11.4. The molecule has 1 heterocycles. The van der Waals surface area contributed by atoms with Gasteiger partial charge in [0.05, 0.1) is 12.0 Å². The van der Waals surface area contributed by atoms with Gasteiger partial charge in [-0.3, -0.25) is 9.79 Å². The van der Waals surface area contributed by atoms with Crippen molar-refractivity contribution in [2.75, 3.05) is 26.2 Å². The molecule has 0 bridgehead atoms. The predicted molar refractivity (Wildman–Crippen MR) is 83.5 cm³/mol. The van der Waals surface area contributed by atoms with Gasteiger partial charge in [0.15, 0.2) is 5.96 Å². The summed E-state index contributed by atoms with van der Waals surface area (Å²) in [7, 11) is 0. The van der Waals surface area contributed by atoms with Gasteiger partial charge in [0, 0.05) is 19.6 Å². The number of nitrogens with zero attached hydrogens (tertiary/aromatic N) is 2. The molecule has 5 heteroatoms. The normalized spacial score (nSPS) is 24.1. The molecule has 1 rings (SSSR count). The second kappa shape index (κ2) is 6.46. The third-order valence-electron chi connectivity index (χ3n) is 4.34. The summed E-state index contributed by atoms with van der Waals surface area (Å²) in [4.78, 5) is 18.3. The number of carbonyl (C=O) groups is 1. The van der Waals surface area contributed by atoms with Crippen molar-refractivity contribution in [2.45, 2.75) is 47.5 Å². The summed E-state index contributed by atoms with van der Waals surface area (Å²) in [5.41, 5.74) is 5.17. The van der Waals surface area contributed by atoms with E-state index in [0.717, 1.165) is 25.6 Å². The first kappa shape index (κ1) is 16.8. The second-order valence-corrected chi connectivity index (χ2v) is 6.75. The smallest absolute Gasteiger partial charge is 0.224 e. The van der Waals surface area contributed by atoms with Crippen LogP contribution in [-0.4, -0.2) is 42.9 Å². The number of nitrogens with one attached hydrogen (secondary N) is 1. The van der Waals surface area contributed by atoms with Crippen molar-refractivity contribution in [1.82, 2.24) is 10.2 Å². The Morgan fingerprint density at radius 2 is 2.10 bits per heavy atom. The molecule has 0 saturated carbocycles. The van der Waals surface area contributed by atoms with Gasteiger partial charge in [0.25, 0.3) is 0 Å². The van der Waals surface area contributed by atoms with Crippen molar-refractivity contribution >= 4 is 11.9 Å². The number of likely N-dealkylation sites (tertiary alicyclic amines) is 1. The van der Waals surface area contributed by atoms with Crippen LogP contribution in [0.1, 0.15) is 47.5 Å². The maximum absolute atomic E-state index is 11.4. The molecule has 0 aliphatic carbocycles. The van der Waals surface area contributed by atoms with Gasteiger partial charge >= 0.3 is 0 Å². The minimum Gasteiger partial charge on any atom is -0.369 e. The van der Waals surface area contributed by atoms with E-state index in [4.69, 9.17) is 5.73 Å². The summed E-state index contributed by atoms with van der Waals surface area (Å²) in [5.74, 6) is 0.593. The van der Waals surface area contributed by atoms with Crippen molar-refractivity contribution in [3.05, 3.63) is 0 Å². The fraction of sp³-hybridized carbons (Fsp3) is 0.867. The zero-order chi connectivity index (χ0) is 15.4. The van der Waals surface area contributed by atoms with Crippen LogP contribution in [0.2, 0.25) is 0 Å². The van der Waals surface area contributed by atoms with E-state index < -0.39 is 5.41 Å². The van der Waals surface area contributed by atoms with Crippen LogP contribution in [0.25, 0.3) is 0 Å². The van der Waals surface area contributed by atoms with E-state index in [9.17, 15) is 4.79 Å². The van der Waals surface area contributed by atoms with Crippen molar-refractivity contribution in [1.29, 1.82) is 0 Å². The molecule has 3 N–H and O–H groups in total. The van der Waals surface area contributed by atoms with Crippen molar-refractivity contribution in [3.8, 4) is 0 Å². The summed E-state index contributed by atoms with van der Waals surface area (Å²) in [6.07, 6.45) is 2.36. The molecule has 1 fully saturated rings. The zero-order valence-electron chi connectivity index (χ0n) is 13.6. The molecular formula is C15H30N4O. The van der Waals surface area contributed by atoms with E-state index in [2.05, 4.69) is 36.0 Å². The van der Waals surface area contributed by atoms with Crippen LogP contribution in [0.5, 0.6) is 0 Å². The molecule has 1 aliphatic rings. The average molecular weight is 282 g/mol. The Kier molecular flexibility index (Phi) is 5.42. The molecule has 0 spiro atoms. The standard InChI is InChI=1S/C15H30N4O/c1-6-15(5)8-9-19(11-15)13(17-7-2)18-10-14(3,4)12(16)20/h6-11H2,1-5H3,(H2,16,20)(H,17,18). The van der Waals surface area contributed by atoms with Gasteiger partial charge in [-0.15, -0.1) is 0 Å². The lowest BCUT2D eigenvalue weighted by atomic mass is 9.87. The fourth-order valence-electron chi connectivity index (χ4n) is 2.27. The highest BCUT2D eigenvalue weighted by molar-refractivity contribution is 5.83. The van der Waals surface area contributed by atoms with E-state index in [1.807, 2.05) is 13.8 Å². The molecule has 20 heavy (non-hydrogen) atoms. The Bertz CT molecular complexity index is 378. The van der Waals surface area contributed by atoms with E-state index in [1.165, 1.54) is 12.8 Å². The molecule has 0 aromatic heterocycles. The van der Waals surface area contributed by atoms with Gasteiger partial charge in [-0.05, 0) is 39.0 Å². The highest BCUT2D eigenvalue weighted by Gasteiger charge is 2.34. The lowest BCUT2D eigenvalue weighted by molar-refractivity contribution is -0.125. The lowest BCUT2D eigenvalue weighted by Crippen LogP contribution is -2.42. The number of guanidine groups is 1. The summed E-state index contributed by atoms with van der Waals surface area (Å²) >= 11 is 0. The van der Waals surface area contributed by atoms with Gasteiger partial charge in [-0.25, -0.2) is 0 Å². The molecule has 1 saturated heterocycles. The SMILES string of the molecule is CCNC(=NCC(C)(C)C(N)=O)N1CCC(C)(CC)C1. The van der Waals surface area contributed by atoms with Crippen LogP contribution >= 0.6 is 0 Å². The molecule has 5 nitrogen and oxygen atoms in total. The number of nitrogens with two attached hydrogens (primary N) is 1. The second-order valence-electron chi connectivity index (χ2n) is 6.75. The van der Waals surface area contributed by atoms with E-state index >= 15 is 0 Å². The third-order valence-corrected chi connectivity index (χ3v) is 4.34. The van der Waals surface area contributed by atoms with Crippen LogP contribution in [0.3, 0.4) is 0 Å². The number of carbonyl (C=O) groups excluding carboxylic acids is 1. The fourth-order valence-corrected chi connectivity index (χ4v) is 2.27. The molecule has 1 aliphatic heterocycles. The Morgan fingerprint density at radius 3 is 2.55 bits per heavy atom. The molecule has 1 amide bonds. The number of primary amides is 1. The minimum absolute atomic E-state index is 0.308. The summed E-state index contributed by atoms with van der Waals surface area (Å²) in [6, 6.07) is 0. The van der Waals surface area contributed by atoms with Crippen LogP contribution in [-0.2, 0) is 4.79 Å². The summed E-state index contributed by atoms with van der Waals surface area (Å²) in [5, 5.41) is 3.32. The van der Waals surface area contributed by atoms with Crippen molar-refractivity contribution in [3.63, 3.8) is 0 Å². The Morgan fingerprint density at radius 1 is 1.45 bits per heavy atom. The van der Waals surface area contributed by atoms with Gasteiger partial charge in [0.1, 0.15) is 0 Å². The monoisotopic (exact) mass is 282 g/mol. The molecule has 0 aromatic carbocycles. The topological polar surface area (TPSA) is 70.7 Å². The molecule has 0 aromatic rings. The van der Waals surface area contributed by atoms with Crippen molar-refractivity contribution in [2.24, 2.45) is 21.6 Å². The molecular weight excluding hydrogens is 252 g/mol. The molecule has 116 valence electrons. The lowest BCUT2D eigenvalue weighted by Gasteiger charge is -2.26. The first-order valence-electron chi connectivity index (χ1n) is 7.57. The van der Waals surface area contributed by atoms with E-state index in [1.54, 1.807) is 0 Å². The molecule has 0 radical (unpaired) electrons.